The number of benzene rings is 2. The van der Waals surface area contributed by atoms with Crippen molar-refractivity contribution in [1.82, 2.24) is 14.9 Å². The molecule has 0 atom stereocenters. The number of carbonyl (C=O) groups is 1. The van der Waals surface area contributed by atoms with Crippen LogP contribution < -0.4 is 10.0 Å². The molecule has 1 saturated carbocycles. The lowest BCUT2D eigenvalue weighted by atomic mass is 10.1. The van der Waals surface area contributed by atoms with E-state index in [2.05, 4.69) is 26.2 Å². The van der Waals surface area contributed by atoms with E-state index < -0.39 is 15.5 Å². The van der Waals surface area contributed by atoms with E-state index in [0.717, 1.165) is 18.4 Å². The predicted octanol–water partition coefficient (Wildman–Crippen LogP) is 6.72. The van der Waals surface area contributed by atoms with Gasteiger partial charge in [0.25, 0.3) is 5.91 Å². The standard InChI is InChI=1S/C26H23BrClF3N4O4S/c1-2-32-25(36)22-24(28)33-20(12-14-7-8-14)35(22)13-15-9-10-19-17(11-15)21(27)23(39-19)16-5-3-4-6-18(16)34-40(37,38)26(29,30)31/h3-6,9-11,14,34H,2,7-8,12-13H2,1H3,(H,32,36). The van der Waals surface area contributed by atoms with Gasteiger partial charge in [-0.25, -0.2) is 4.98 Å². The van der Waals surface area contributed by atoms with Crippen LogP contribution in [0.3, 0.4) is 0 Å². The summed E-state index contributed by atoms with van der Waals surface area (Å²) in [5.41, 5.74) is -4.16. The minimum atomic E-state index is -5.65. The van der Waals surface area contributed by atoms with E-state index in [0.29, 0.717) is 46.7 Å². The summed E-state index contributed by atoms with van der Waals surface area (Å²) in [4.78, 5) is 17.3. The number of furan rings is 1. The summed E-state index contributed by atoms with van der Waals surface area (Å²) in [6.07, 6.45) is 2.89. The van der Waals surface area contributed by atoms with Crippen LogP contribution in [0.15, 0.2) is 51.4 Å². The van der Waals surface area contributed by atoms with Crippen molar-refractivity contribution in [2.45, 2.75) is 38.2 Å². The Hall–Kier alpha value is -3.03. The Kier molecular flexibility index (Phi) is 7.66. The third-order valence-electron chi connectivity index (χ3n) is 6.48. The number of anilines is 1. The van der Waals surface area contributed by atoms with Crippen molar-refractivity contribution in [3.05, 3.63) is 69.2 Å². The van der Waals surface area contributed by atoms with Gasteiger partial charge in [0.15, 0.2) is 10.9 Å². The summed E-state index contributed by atoms with van der Waals surface area (Å²) >= 11 is 9.88. The lowest BCUT2D eigenvalue weighted by molar-refractivity contribution is -0.0429. The molecule has 0 aliphatic heterocycles. The third-order valence-corrected chi connectivity index (χ3v) is 8.63. The zero-order valence-corrected chi connectivity index (χ0v) is 24.1. The molecule has 40 heavy (non-hydrogen) atoms. The van der Waals surface area contributed by atoms with E-state index >= 15 is 0 Å². The number of hydrogen-bond donors (Lipinski definition) is 2. The molecule has 2 heterocycles. The number of hydrogen-bond acceptors (Lipinski definition) is 5. The van der Waals surface area contributed by atoms with Crippen LogP contribution in [0.5, 0.6) is 0 Å². The highest BCUT2D eigenvalue weighted by Crippen LogP contribution is 2.42. The van der Waals surface area contributed by atoms with Gasteiger partial charge in [0.05, 0.1) is 10.2 Å². The second kappa shape index (κ2) is 10.7. The molecule has 1 aliphatic rings. The van der Waals surface area contributed by atoms with E-state index in [1.54, 1.807) is 22.9 Å². The summed E-state index contributed by atoms with van der Waals surface area (Å²) in [5.74, 6) is 1.04. The van der Waals surface area contributed by atoms with Crippen LogP contribution in [0.2, 0.25) is 5.15 Å². The minimum Gasteiger partial charge on any atom is -0.455 e. The molecule has 0 saturated heterocycles. The molecule has 14 heteroatoms. The van der Waals surface area contributed by atoms with Crippen LogP contribution in [0, 0.1) is 5.92 Å². The molecular formula is C26H23BrClF3N4O4S. The van der Waals surface area contributed by atoms with Crippen molar-refractivity contribution in [3.63, 3.8) is 0 Å². The van der Waals surface area contributed by atoms with Crippen molar-refractivity contribution in [2.24, 2.45) is 5.92 Å². The van der Waals surface area contributed by atoms with E-state index in [4.69, 9.17) is 16.0 Å². The molecule has 0 spiro atoms. The van der Waals surface area contributed by atoms with E-state index in [1.165, 1.54) is 18.2 Å². The first-order chi connectivity index (χ1) is 18.9. The number of para-hydroxylation sites is 1. The van der Waals surface area contributed by atoms with Crippen LogP contribution in [0.25, 0.3) is 22.3 Å². The smallest absolute Gasteiger partial charge is 0.455 e. The van der Waals surface area contributed by atoms with Gasteiger partial charge in [-0.2, -0.15) is 21.6 Å². The first-order valence-corrected chi connectivity index (χ1v) is 15.0. The maximum atomic E-state index is 13.0. The molecule has 2 aromatic carbocycles. The molecule has 0 radical (unpaired) electrons. The number of imidazole rings is 1. The number of fused-ring (bicyclic) bond motifs is 1. The van der Waals surface area contributed by atoms with Gasteiger partial charge in [0.1, 0.15) is 17.1 Å². The van der Waals surface area contributed by atoms with Crippen molar-refractivity contribution in [1.29, 1.82) is 0 Å². The molecule has 1 aliphatic carbocycles. The number of sulfonamides is 1. The molecule has 2 N–H and O–H groups in total. The molecule has 212 valence electrons. The number of halogens is 5. The van der Waals surface area contributed by atoms with Crippen molar-refractivity contribution in [3.8, 4) is 11.3 Å². The Morgan fingerprint density at radius 2 is 1.95 bits per heavy atom. The van der Waals surface area contributed by atoms with Crippen molar-refractivity contribution >= 4 is 60.1 Å². The van der Waals surface area contributed by atoms with Gasteiger partial charge in [-0.1, -0.05) is 29.8 Å². The van der Waals surface area contributed by atoms with Gasteiger partial charge in [-0.05, 0) is 71.4 Å². The Morgan fingerprint density at radius 1 is 1.23 bits per heavy atom. The average molecular weight is 660 g/mol. The monoisotopic (exact) mass is 658 g/mol. The zero-order valence-electron chi connectivity index (χ0n) is 21.0. The second-order valence-corrected chi connectivity index (χ2v) is 12.3. The number of nitrogens with zero attached hydrogens (tertiary/aromatic N) is 2. The minimum absolute atomic E-state index is 0.117. The first-order valence-electron chi connectivity index (χ1n) is 12.3. The lowest BCUT2D eigenvalue weighted by Crippen LogP contribution is -2.30. The maximum absolute atomic E-state index is 13.0. The first kappa shape index (κ1) is 28.5. The number of carbonyl (C=O) groups excluding carboxylic acids is 1. The van der Waals surface area contributed by atoms with Gasteiger partial charge in [-0.3, -0.25) is 9.52 Å². The fourth-order valence-electron chi connectivity index (χ4n) is 4.38. The quantitative estimate of drug-likeness (QED) is 0.208. The molecule has 0 unspecified atom stereocenters. The van der Waals surface area contributed by atoms with Gasteiger partial charge in [-0.15, -0.1) is 0 Å². The fraction of sp³-hybridized carbons (Fsp3) is 0.308. The highest BCUT2D eigenvalue weighted by atomic mass is 79.9. The molecule has 1 fully saturated rings. The summed E-state index contributed by atoms with van der Waals surface area (Å²) in [6.45, 7) is 2.53. The normalized spacial score (nSPS) is 14.1. The van der Waals surface area contributed by atoms with Crippen molar-refractivity contribution in [2.75, 3.05) is 11.3 Å². The number of nitrogens with one attached hydrogen (secondary N) is 2. The second-order valence-electron chi connectivity index (χ2n) is 9.43. The molecular weight excluding hydrogens is 637 g/mol. The zero-order chi connectivity index (χ0) is 28.8. The van der Waals surface area contributed by atoms with Crippen LogP contribution in [-0.4, -0.2) is 35.9 Å². The van der Waals surface area contributed by atoms with Gasteiger partial charge >= 0.3 is 15.5 Å². The van der Waals surface area contributed by atoms with Gasteiger partial charge in [0.2, 0.25) is 0 Å². The van der Waals surface area contributed by atoms with Crippen LogP contribution >= 0.6 is 27.5 Å². The van der Waals surface area contributed by atoms with E-state index in [9.17, 15) is 26.4 Å². The van der Waals surface area contributed by atoms with Crippen LogP contribution in [-0.2, 0) is 23.0 Å². The summed E-state index contributed by atoms with van der Waals surface area (Å²) in [6, 6.07) is 11.0. The number of aromatic nitrogens is 2. The van der Waals surface area contributed by atoms with Gasteiger partial charge in [0, 0.05) is 30.5 Å². The molecule has 8 nitrogen and oxygen atoms in total. The van der Waals surface area contributed by atoms with E-state index in [1.807, 2.05) is 17.6 Å². The summed E-state index contributed by atoms with van der Waals surface area (Å²) in [5, 5.41) is 3.51. The molecule has 4 aromatic rings. The molecule has 2 aromatic heterocycles. The predicted molar refractivity (Wildman–Crippen MR) is 149 cm³/mol. The Labute approximate surface area is 241 Å². The third kappa shape index (κ3) is 5.59. The number of alkyl halides is 3. The van der Waals surface area contributed by atoms with Crippen LogP contribution in [0.1, 0.15) is 41.6 Å². The fourth-order valence-corrected chi connectivity index (χ4v) is 5.85. The van der Waals surface area contributed by atoms with Crippen molar-refractivity contribution < 1.29 is 30.8 Å². The highest BCUT2D eigenvalue weighted by molar-refractivity contribution is 9.10. The van der Waals surface area contributed by atoms with Crippen LogP contribution in [0.4, 0.5) is 18.9 Å². The Bertz CT molecular complexity index is 1710. The van der Waals surface area contributed by atoms with E-state index in [-0.39, 0.29) is 33.8 Å². The summed E-state index contributed by atoms with van der Waals surface area (Å²) in [7, 11) is -5.65. The molecule has 0 bridgehead atoms. The summed E-state index contributed by atoms with van der Waals surface area (Å²) < 4.78 is 72.4. The molecule has 5 rings (SSSR count). The average Bonchev–Trinajstić information content (AvgIpc) is 3.57. The topological polar surface area (TPSA) is 106 Å². The Balaban J connectivity index is 1.53. The largest absolute Gasteiger partial charge is 0.516 e. The maximum Gasteiger partial charge on any atom is 0.516 e. The Morgan fingerprint density at radius 3 is 2.62 bits per heavy atom. The number of amides is 1. The molecule has 1 amide bonds. The lowest BCUT2D eigenvalue weighted by Gasteiger charge is -2.13. The SMILES string of the molecule is CCNC(=O)c1c(Cl)nc(CC2CC2)n1Cc1ccc2oc(-c3ccccc3NS(=O)(=O)C(F)(F)F)c(Br)c2c1. The highest BCUT2D eigenvalue weighted by Gasteiger charge is 2.46. The number of rotatable bonds is 9. The van der Waals surface area contributed by atoms with Gasteiger partial charge < -0.3 is 14.3 Å².